The molecule has 0 saturated heterocycles. The lowest BCUT2D eigenvalue weighted by atomic mass is 10.1. The molecule has 0 atom stereocenters. The summed E-state index contributed by atoms with van der Waals surface area (Å²) in [6.45, 7) is 5.12. The number of unbranched alkanes of at least 4 members (excludes halogenated alkanes) is 3. The van der Waals surface area contributed by atoms with Crippen LogP contribution >= 0.6 is 0 Å². The van der Waals surface area contributed by atoms with Gasteiger partial charge in [-0.25, -0.2) is 4.79 Å². The normalized spacial score (nSPS) is 13.5. The summed E-state index contributed by atoms with van der Waals surface area (Å²) >= 11 is 0. The largest absolute Gasteiger partial charge is 0.423 e. The Morgan fingerprint density at radius 3 is 2.91 bits per heavy atom. The second kappa shape index (κ2) is 7.82. The van der Waals surface area contributed by atoms with Gasteiger partial charge in [0.05, 0.1) is 12.2 Å². The number of carbonyl (C=O) groups excluding carboxylic acids is 2. The van der Waals surface area contributed by atoms with Gasteiger partial charge in [0.15, 0.2) is 5.75 Å². The van der Waals surface area contributed by atoms with Crippen LogP contribution in [-0.2, 0) is 9.59 Å². The molecule has 22 heavy (non-hydrogen) atoms. The molecule has 1 aromatic carbocycles. The number of nitrogens with one attached hydrogen (secondary N) is 1. The Kier molecular flexibility index (Phi) is 5.81. The summed E-state index contributed by atoms with van der Waals surface area (Å²) in [5.74, 6) is 0.142. The van der Waals surface area contributed by atoms with Crippen molar-refractivity contribution in [3.05, 3.63) is 23.8 Å². The van der Waals surface area contributed by atoms with Gasteiger partial charge in [-0.2, -0.15) is 0 Å². The molecule has 5 heteroatoms. The fraction of sp³-hybridized carbons (Fsp3) is 0.529. The lowest BCUT2D eigenvalue weighted by molar-refractivity contribution is -0.133. The maximum Gasteiger partial charge on any atom is 0.331 e. The van der Waals surface area contributed by atoms with Crippen LogP contribution in [0, 0.1) is 6.92 Å². The maximum atomic E-state index is 12.0. The molecule has 5 nitrogen and oxygen atoms in total. The van der Waals surface area contributed by atoms with Crippen LogP contribution in [0.2, 0.25) is 0 Å². The Labute approximate surface area is 131 Å². The summed E-state index contributed by atoms with van der Waals surface area (Å²) in [7, 11) is 0. The molecule has 0 radical (unpaired) electrons. The molecular weight excluding hydrogens is 280 g/mol. The Hall–Kier alpha value is -2.04. The molecule has 0 unspecified atom stereocenters. The first kappa shape index (κ1) is 16.3. The van der Waals surface area contributed by atoms with Crippen molar-refractivity contribution in [2.75, 3.05) is 24.5 Å². The van der Waals surface area contributed by atoms with Crippen molar-refractivity contribution < 1.29 is 14.3 Å². The van der Waals surface area contributed by atoms with Crippen molar-refractivity contribution in [3.8, 4) is 5.75 Å². The topological polar surface area (TPSA) is 58.6 Å². The number of esters is 1. The lowest BCUT2D eigenvalue weighted by Gasteiger charge is -2.29. The van der Waals surface area contributed by atoms with Crippen LogP contribution in [0.15, 0.2) is 18.2 Å². The van der Waals surface area contributed by atoms with Gasteiger partial charge in [0.25, 0.3) is 0 Å². The van der Waals surface area contributed by atoms with Crippen molar-refractivity contribution >= 4 is 17.6 Å². The molecule has 0 bridgehead atoms. The molecule has 120 valence electrons. The highest BCUT2D eigenvalue weighted by Crippen LogP contribution is 2.32. The van der Waals surface area contributed by atoms with E-state index in [0.717, 1.165) is 24.1 Å². The standard InChI is InChI=1S/C17H24N2O3/c1-3-4-5-6-9-18-16(20)11-19-12-17(21)22-15-8-7-13(2)10-14(15)19/h7-8,10H,3-6,9,11-12H2,1-2H3,(H,18,20). The number of amides is 1. The number of benzene rings is 1. The number of hydrogen-bond acceptors (Lipinski definition) is 4. The molecule has 1 aliphatic heterocycles. The first-order valence-corrected chi connectivity index (χ1v) is 7.93. The number of nitrogens with zero attached hydrogens (tertiary/aromatic N) is 1. The molecule has 1 heterocycles. The van der Waals surface area contributed by atoms with E-state index in [0.29, 0.717) is 12.3 Å². The van der Waals surface area contributed by atoms with Crippen molar-refractivity contribution in [2.45, 2.75) is 39.5 Å². The Balaban J connectivity index is 1.91. The fourth-order valence-electron chi connectivity index (χ4n) is 2.51. The van der Waals surface area contributed by atoms with Gasteiger partial charge < -0.3 is 15.0 Å². The molecule has 1 N–H and O–H groups in total. The third kappa shape index (κ3) is 4.48. The predicted molar refractivity (Wildman–Crippen MR) is 86.2 cm³/mol. The van der Waals surface area contributed by atoms with Gasteiger partial charge >= 0.3 is 5.97 Å². The second-order valence-electron chi connectivity index (χ2n) is 5.71. The lowest BCUT2D eigenvalue weighted by Crippen LogP contribution is -2.43. The highest BCUT2D eigenvalue weighted by atomic mass is 16.5. The van der Waals surface area contributed by atoms with Crippen LogP contribution in [0.25, 0.3) is 0 Å². The zero-order valence-corrected chi connectivity index (χ0v) is 13.4. The molecule has 0 saturated carbocycles. The molecule has 2 rings (SSSR count). The average molecular weight is 304 g/mol. The van der Waals surface area contributed by atoms with Gasteiger partial charge in [-0.05, 0) is 31.0 Å². The summed E-state index contributed by atoms with van der Waals surface area (Å²) in [6.07, 6.45) is 4.51. The van der Waals surface area contributed by atoms with E-state index >= 15 is 0 Å². The van der Waals surface area contributed by atoms with Gasteiger partial charge in [0, 0.05) is 6.54 Å². The number of aryl methyl sites for hydroxylation is 1. The summed E-state index contributed by atoms with van der Waals surface area (Å²) in [5, 5.41) is 2.92. The van der Waals surface area contributed by atoms with E-state index in [9.17, 15) is 9.59 Å². The molecule has 0 aliphatic carbocycles. The van der Waals surface area contributed by atoms with Crippen LogP contribution < -0.4 is 15.0 Å². The van der Waals surface area contributed by atoms with Crippen molar-refractivity contribution in [1.82, 2.24) is 5.32 Å². The Morgan fingerprint density at radius 1 is 1.32 bits per heavy atom. The highest BCUT2D eigenvalue weighted by molar-refractivity contribution is 5.89. The summed E-state index contributed by atoms with van der Waals surface area (Å²) < 4.78 is 5.21. The zero-order valence-electron chi connectivity index (χ0n) is 13.4. The molecule has 0 spiro atoms. The SMILES string of the molecule is CCCCCCNC(=O)CN1CC(=O)Oc2ccc(C)cc21. The zero-order chi connectivity index (χ0) is 15.9. The van der Waals surface area contributed by atoms with E-state index < -0.39 is 0 Å². The van der Waals surface area contributed by atoms with E-state index in [1.165, 1.54) is 12.8 Å². The second-order valence-corrected chi connectivity index (χ2v) is 5.71. The first-order valence-electron chi connectivity index (χ1n) is 7.93. The molecule has 0 aromatic heterocycles. The van der Waals surface area contributed by atoms with Crippen LogP contribution in [0.4, 0.5) is 5.69 Å². The van der Waals surface area contributed by atoms with E-state index in [2.05, 4.69) is 12.2 Å². The molecule has 1 aliphatic rings. The van der Waals surface area contributed by atoms with E-state index in [4.69, 9.17) is 4.74 Å². The fourth-order valence-corrected chi connectivity index (χ4v) is 2.51. The van der Waals surface area contributed by atoms with Gasteiger partial charge in [0.1, 0.15) is 6.54 Å². The first-order chi connectivity index (χ1) is 10.6. The smallest absolute Gasteiger partial charge is 0.331 e. The van der Waals surface area contributed by atoms with Gasteiger partial charge in [-0.3, -0.25) is 4.79 Å². The number of carbonyl (C=O) groups is 2. The number of fused-ring (bicyclic) bond motifs is 1. The third-order valence-corrected chi connectivity index (χ3v) is 3.69. The molecule has 0 fully saturated rings. The number of rotatable bonds is 7. The van der Waals surface area contributed by atoms with Crippen LogP contribution in [0.3, 0.4) is 0 Å². The quantitative estimate of drug-likeness (QED) is 0.477. The van der Waals surface area contributed by atoms with Gasteiger partial charge in [-0.15, -0.1) is 0 Å². The number of ether oxygens (including phenoxy) is 1. The minimum atomic E-state index is -0.327. The minimum Gasteiger partial charge on any atom is -0.423 e. The Morgan fingerprint density at radius 2 is 2.14 bits per heavy atom. The van der Waals surface area contributed by atoms with E-state index in [-0.39, 0.29) is 25.0 Å². The molecule has 1 amide bonds. The third-order valence-electron chi connectivity index (χ3n) is 3.69. The average Bonchev–Trinajstić information content (AvgIpc) is 2.47. The monoisotopic (exact) mass is 304 g/mol. The minimum absolute atomic E-state index is 0.0568. The molecule has 1 aromatic rings. The highest BCUT2D eigenvalue weighted by Gasteiger charge is 2.25. The van der Waals surface area contributed by atoms with Crippen molar-refractivity contribution in [1.29, 1.82) is 0 Å². The van der Waals surface area contributed by atoms with Crippen LogP contribution in [-0.4, -0.2) is 31.5 Å². The number of hydrogen-bond donors (Lipinski definition) is 1. The number of anilines is 1. The van der Waals surface area contributed by atoms with Crippen LogP contribution in [0.1, 0.15) is 38.2 Å². The van der Waals surface area contributed by atoms with Crippen molar-refractivity contribution in [3.63, 3.8) is 0 Å². The summed E-state index contributed by atoms with van der Waals surface area (Å²) in [6, 6.07) is 5.61. The molecular formula is C17H24N2O3. The predicted octanol–water partition coefficient (Wildman–Crippen LogP) is 2.42. The summed E-state index contributed by atoms with van der Waals surface area (Å²) in [5.41, 5.74) is 1.88. The van der Waals surface area contributed by atoms with E-state index in [1.807, 2.05) is 19.1 Å². The van der Waals surface area contributed by atoms with E-state index in [1.54, 1.807) is 11.0 Å². The van der Waals surface area contributed by atoms with Gasteiger partial charge in [-0.1, -0.05) is 32.3 Å². The van der Waals surface area contributed by atoms with Crippen LogP contribution in [0.5, 0.6) is 5.75 Å². The maximum absolute atomic E-state index is 12.0. The van der Waals surface area contributed by atoms with Crippen molar-refractivity contribution in [2.24, 2.45) is 0 Å². The Bertz CT molecular complexity index is 543. The van der Waals surface area contributed by atoms with Gasteiger partial charge in [0.2, 0.25) is 5.91 Å². The summed E-state index contributed by atoms with van der Waals surface area (Å²) in [4.78, 5) is 25.5.